The van der Waals surface area contributed by atoms with Gasteiger partial charge in [0.1, 0.15) is 11.8 Å². The van der Waals surface area contributed by atoms with E-state index in [4.69, 9.17) is 15.2 Å². The molecule has 2 atom stereocenters. The fourth-order valence-corrected chi connectivity index (χ4v) is 5.44. The number of hydrogen-bond acceptors (Lipinski definition) is 9. The number of morpholine rings is 1. The van der Waals surface area contributed by atoms with Crippen molar-refractivity contribution in [2.24, 2.45) is 0 Å². The highest BCUT2D eigenvalue weighted by Crippen LogP contribution is 2.22. The van der Waals surface area contributed by atoms with E-state index in [1.54, 1.807) is 17.0 Å². The second-order valence-electron chi connectivity index (χ2n) is 7.97. The molecule has 0 saturated carbocycles. The average molecular weight is 475 g/mol. The number of nitrogens with two attached hydrogens (primary N) is 1. The third-order valence-electron chi connectivity index (χ3n) is 5.30. The number of hydrogen-bond donors (Lipinski definition) is 1. The summed E-state index contributed by atoms with van der Waals surface area (Å²) >= 11 is 0. The van der Waals surface area contributed by atoms with Gasteiger partial charge < -0.3 is 19.8 Å². The Morgan fingerprint density at radius 3 is 2.73 bits per heavy atom. The largest absolute Gasteiger partial charge is 0.462 e. The predicted molar refractivity (Wildman–Crippen MR) is 120 cm³/mol. The molecule has 12 heteroatoms. The number of fused-ring (bicyclic) bond motifs is 1. The molecular formula is C21H26N6O5S. The summed E-state index contributed by atoms with van der Waals surface area (Å²) in [6.07, 6.45) is 3.09. The van der Waals surface area contributed by atoms with Crippen LogP contribution in [0.3, 0.4) is 0 Å². The normalized spacial score (nSPS) is 19.6. The first-order valence-electron chi connectivity index (χ1n) is 10.6. The molecule has 11 nitrogen and oxygen atoms in total. The molecule has 2 unspecified atom stereocenters. The zero-order valence-electron chi connectivity index (χ0n) is 18.4. The molecular weight excluding hydrogens is 448 g/mol. The number of anilines is 1. The molecule has 3 heterocycles. The SMILES string of the molecule is CC1CN(S(=O)(=O)c2cccc(C(=O)OCCCn3cnc4c(N)ncnc43)c2)CC(C)O1. The fourth-order valence-electron chi connectivity index (χ4n) is 3.81. The quantitative estimate of drug-likeness (QED) is 0.397. The van der Waals surface area contributed by atoms with E-state index < -0.39 is 16.0 Å². The number of carbonyl (C=O) groups excluding carboxylic acids is 1. The maximum absolute atomic E-state index is 13.1. The van der Waals surface area contributed by atoms with E-state index in [-0.39, 0.29) is 42.4 Å². The number of rotatable bonds is 7. The van der Waals surface area contributed by atoms with E-state index in [2.05, 4.69) is 15.0 Å². The van der Waals surface area contributed by atoms with Gasteiger partial charge in [-0.25, -0.2) is 28.2 Å². The summed E-state index contributed by atoms with van der Waals surface area (Å²) in [6.45, 7) is 4.86. The van der Waals surface area contributed by atoms with E-state index in [1.807, 2.05) is 13.8 Å². The number of benzene rings is 1. The van der Waals surface area contributed by atoms with Crippen molar-refractivity contribution in [2.75, 3.05) is 25.4 Å². The van der Waals surface area contributed by atoms with Crippen LogP contribution in [-0.4, -0.2) is 70.1 Å². The Bertz CT molecular complexity index is 1250. The van der Waals surface area contributed by atoms with Crippen molar-refractivity contribution in [3.63, 3.8) is 0 Å². The lowest BCUT2D eigenvalue weighted by molar-refractivity contribution is -0.0440. The molecule has 0 spiro atoms. The van der Waals surface area contributed by atoms with Crippen LogP contribution in [0.25, 0.3) is 11.2 Å². The second kappa shape index (κ2) is 9.41. The number of nitrogens with zero attached hydrogens (tertiary/aromatic N) is 5. The summed E-state index contributed by atoms with van der Waals surface area (Å²) in [4.78, 5) is 24.8. The number of aryl methyl sites for hydroxylation is 1. The van der Waals surface area contributed by atoms with Crippen LogP contribution in [0.5, 0.6) is 0 Å². The lowest BCUT2D eigenvalue weighted by Crippen LogP contribution is -2.48. The van der Waals surface area contributed by atoms with Gasteiger partial charge in [0.2, 0.25) is 10.0 Å². The number of aromatic nitrogens is 4. The third kappa shape index (κ3) is 4.97. The van der Waals surface area contributed by atoms with Crippen molar-refractivity contribution in [1.82, 2.24) is 23.8 Å². The molecule has 0 amide bonds. The molecule has 0 aliphatic carbocycles. The summed E-state index contributed by atoms with van der Waals surface area (Å²) in [6, 6.07) is 5.91. The number of carbonyl (C=O) groups is 1. The molecule has 176 valence electrons. The molecule has 2 N–H and O–H groups in total. The highest BCUT2D eigenvalue weighted by molar-refractivity contribution is 7.89. The highest BCUT2D eigenvalue weighted by Gasteiger charge is 2.32. The van der Waals surface area contributed by atoms with Gasteiger partial charge in [0.05, 0.1) is 35.6 Å². The van der Waals surface area contributed by atoms with Crippen molar-refractivity contribution in [3.8, 4) is 0 Å². The van der Waals surface area contributed by atoms with Gasteiger partial charge in [-0.1, -0.05) is 6.07 Å². The lowest BCUT2D eigenvalue weighted by Gasteiger charge is -2.34. The van der Waals surface area contributed by atoms with Crippen molar-refractivity contribution in [1.29, 1.82) is 0 Å². The topological polar surface area (TPSA) is 143 Å². The first kappa shape index (κ1) is 23.1. The van der Waals surface area contributed by atoms with Crippen LogP contribution in [0, 0.1) is 0 Å². The zero-order valence-corrected chi connectivity index (χ0v) is 19.2. The summed E-state index contributed by atoms with van der Waals surface area (Å²) in [5.41, 5.74) is 7.10. The van der Waals surface area contributed by atoms with Crippen molar-refractivity contribution >= 4 is 33.0 Å². The molecule has 1 aliphatic heterocycles. The first-order chi connectivity index (χ1) is 15.8. The van der Waals surface area contributed by atoms with Gasteiger partial charge in [0, 0.05) is 19.6 Å². The van der Waals surface area contributed by atoms with Crippen LogP contribution in [0.1, 0.15) is 30.6 Å². The molecule has 1 aliphatic rings. The Kier molecular flexibility index (Phi) is 6.58. The van der Waals surface area contributed by atoms with Crippen LogP contribution in [0.15, 0.2) is 41.8 Å². The predicted octanol–water partition coefficient (Wildman–Crippen LogP) is 1.45. The maximum atomic E-state index is 13.1. The second-order valence-corrected chi connectivity index (χ2v) is 9.90. The van der Waals surface area contributed by atoms with Crippen LogP contribution < -0.4 is 5.73 Å². The molecule has 3 aromatic rings. The maximum Gasteiger partial charge on any atom is 0.338 e. The molecule has 33 heavy (non-hydrogen) atoms. The van der Waals surface area contributed by atoms with Gasteiger partial charge in [-0.2, -0.15) is 4.31 Å². The molecule has 1 aromatic carbocycles. The molecule has 1 fully saturated rings. The van der Waals surface area contributed by atoms with E-state index in [0.717, 1.165) is 0 Å². The Balaban J connectivity index is 1.37. The molecule has 2 aromatic heterocycles. The number of imidazole rings is 1. The van der Waals surface area contributed by atoms with Crippen molar-refractivity contribution in [3.05, 3.63) is 42.5 Å². The van der Waals surface area contributed by atoms with Crippen LogP contribution in [0.4, 0.5) is 5.82 Å². The zero-order chi connectivity index (χ0) is 23.6. The lowest BCUT2D eigenvalue weighted by atomic mass is 10.2. The molecule has 0 radical (unpaired) electrons. The van der Waals surface area contributed by atoms with Crippen LogP contribution >= 0.6 is 0 Å². The Labute approximate surface area is 191 Å². The van der Waals surface area contributed by atoms with Crippen molar-refractivity contribution < 1.29 is 22.7 Å². The number of esters is 1. The van der Waals surface area contributed by atoms with Gasteiger partial charge >= 0.3 is 5.97 Å². The Morgan fingerprint density at radius 2 is 1.97 bits per heavy atom. The van der Waals surface area contributed by atoms with E-state index in [9.17, 15) is 13.2 Å². The summed E-state index contributed by atoms with van der Waals surface area (Å²) in [5.74, 6) is -0.279. The van der Waals surface area contributed by atoms with E-state index in [1.165, 1.54) is 28.8 Å². The van der Waals surface area contributed by atoms with E-state index in [0.29, 0.717) is 29.9 Å². The third-order valence-corrected chi connectivity index (χ3v) is 7.13. The Hall–Kier alpha value is -3.09. The van der Waals surface area contributed by atoms with Gasteiger partial charge in [0.25, 0.3) is 0 Å². The smallest absolute Gasteiger partial charge is 0.338 e. The van der Waals surface area contributed by atoms with Gasteiger partial charge in [0.15, 0.2) is 11.5 Å². The summed E-state index contributed by atoms with van der Waals surface area (Å²) in [5, 5.41) is 0. The van der Waals surface area contributed by atoms with E-state index >= 15 is 0 Å². The average Bonchev–Trinajstić information content (AvgIpc) is 3.20. The van der Waals surface area contributed by atoms with Gasteiger partial charge in [-0.15, -0.1) is 0 Å². The summed E-state index contributed by atoms with van der Waals surface area (Å²) < 4.78 is 40.3. The van der Waals surface area contributed by atoms with Crippen molar-refractivity contribution in [2.45, 2.75) is 43.9 Å². The minimum atomic E-state index is -3.75. The number of ether oxygens (including phenoxy) is 2. The highest BCUT2D eigenvalue weighted by atomic mass is 32.2. The summed E-state index contributed by atoms with van der Waals surface area (Å²) in [7, 11) is -3.75. The minimum absolute atomic E-state index is 0.0559. The molecule has 1 saturated heterocycles. The van der Waals surface area contributed by atoms with Crippen LogP contribution in [-0.2, 0) is 26.0 Å². The minimum Gasteiger partial charge on any atom is -0.462 e. The molecule has 4 rings (SSSR count). The first-order valence-corrected chi connectivity index (χ1v) is 12.0. The van der Waals surface area contributed by atoms with Gasteiger partial charge in [-0.05, 0) is 38.5 Å². The van der Waals surface area contributed by atoms with Gasteiger partial charge in [-0.3, -0.25) is 0 Å². The molecule has 0 bridgehead atoms. The van der Waals surface area contributed by atoms with Crippen LogP contribution in [0.2, 0.25) is 0 Å². The standard InChI is InChI=1S/C21H26N6O5S/c1-14-10-27(11-15(2)32-14)33(29,30)17-6-3-5-16(9-17)21(28)31-8-4-7-26-13-25-18-19(22)23-12-24-20(18)26/h3,5-6,9,12-15H,4,7-8,10-11H2,1-2H3,(H2,22,23,24). The Morgan fingerprint density at radius 1 is 1.21 bits per heavy atom. The number of sulfonamides is 1. The monoisotopic (exact) mass is 474 g/mol. The fraction of sp³-hybridized carbons (Fsp3) is 0.429. The number of nitrogen functional groups attached to an aromatic ring is 1.